The first-order valence-corrected chi connectivity index (χ1v) is 8.60. The molecular formula is C12H14MoN2O4. The third-order valence-electron chi connectivity index (χ3n) is 2.15. The quantitative estimate of drug-likeness (QED) is 0.453. The summed E-state index contributed by atoms with van der Waals surface area (Å²) >= 11 is -5.52. The molecule has 0 saturated heterocycles. The zero-order valence-corrected chi connectivity index (χ0v) is 11.9. The fourth-order valence-corrected chi connectivity index (χ4v) is 1.35. The van der Waals surface area contributed by atoms with Crippen molar-refractivity contribution in [3.63, 3.8) is 0 Å². The van der Waals surface area contributed by atoms with Gasteiger partial charge in [-0.25, -0.2) is 0 Å². The van der Waals surface area contributed by atoms with E-state index in [-0.39, 0.29) is 0 Å². The molecule has 0 aromatic heterocycles. The van der Waals surface area contributed by atoms with Crippen LogP contribution in [0, 0.1) is 0 Å². The molecule has 7 heteroatoms. The molecule has 0 aliphatic heterocycles. The molecule has 0 aliphatic carbocycles. The Morgan fingerprint density at radius 3 is 1.11 bits per heavy atom. The molecular weight excluding hydrogens is 332 g/mol. The van der Waals surface area contributed by atoms with E-state index >= 15 is 0 Å². The molecule has 0 fully saturated rings. The maximum absolute atomic E-state index is 8.85. The molecule has 6 nitrogen and oxygen atoms in total. The van der Waals surface area contributed by atoms with E-state index in [2.05, 4.69) is 0 Å². The van der Waals surface area contributed by atoms with Gasteiger partial charge in [-0.1, -0.05) is 24.3 Å². The third kappa shape index (κ3) is 6.66. The fourth-order valence-electron chi connectivity index (χ4n) is 1.35. The van der Waals surface area contributed by atoms with Gasteiger partial charge in [-0.05, 0) is 35.4 Å². The molecule has 2 aromatic carbocycles. The van der Waals surface area contributed by atoms with Crippen LogP contribution in [-0.4, -0.2) is 7.52 Å². The van der Waals surface area contributed by atoms with Gasteiger partial charge in [0.1, 0.15) is 0 Å². The van der Waals surface area contributed by atoms with Crippen LogP contribution in [0.3, 0.4) is 0 Å². The van der Waals surface area contributed by atoms with Crippen LogP contribution in [0.15, 0.2) is 48.5 Å². The number of rotatable bonds is 1. The van der Waals surface area contributed by atoms with E-state index in [1.807, 2.05) is 48.5 Å². The van der Waals surface area contributed by atoms with Crippen molar-refractivity contribution in [2.24, 2.45) is 0 Å². The molecule has 0 saturated carbocycles. The van der Waals surface area contributed by atoms with Crippen molar-refractivity contribution in [3.05, 3.63) is 48.5 Å². The molecule has 0 unspecified atom stereocenters. The number of anilines is 2. The molecule has 102 valence electrons. The number of nitrogens with two attached hydrogens (primary N) is 2. The minimum absolute atomic E-state index is 0.782. The molecule has 0 atom stereocenters. The summed E-state index contributed by atoms with van der Waals surface area (Å²) in [6.07, 6.45) is 0. The summed E-state index contributed by atoms with van der Waals surface area (Å²) in [5, 5.41) is 0. The number of nitrogen functional groups attached to an aromatic ring is 2. The molecule has 19 heavy (non-hydrogen) atoms. The Balaban J connectivity index is 0.000000312. The zero-order valence-electron chi connectivity index (χ0n) is 9.89. The van der Waals surface area contributed by atoms with Crippen LogP contribution in [0.25, 0.3) is 11.1 Å². The Kier molecular flexibility index (Phi) is 5.18. The predicted octanol–water partition coefficient (Wildman–Crippen LogP) is 1.16. The monoisotopic (exact) mass is 348 g/mol. The van der Waals surface area contributed by atoms with Crippen molar-refractivity contribution in [1.82, 2.24) is 0 Å². The second-order valence-electron chi connectivity index (χ2n) is 3.69. The van der Waals surface area contributed by atoms with E-state index in [4.69, 9.17) is 25.8 Å². The predicted molar refractivity (Wildman–Crippen MR) is 66.5 cm³/mol. The van der Waals surface area contributed by atoms with Crippen LogP contribution < -0.4 is 11.5 Å². The summed E-state index contributed by atoms with van der Waals surface area (Å²) in [5.41, 5.74) is 15.1. The zero-order chi connectivity index (χ0) is 14.5. The van der Waals surface area contributed by atoms with E-state index in [0.29, 0.717) is 0 Å². The van der Waals surface area contributed by atoms with Crippen molar-refractivity contribution in [2.75, 3.05) is 11.5 Å². The van der Waals surface area contributed by atoms with E-state index in [1.165, 1.54) is 0 Å². The Morgan fingerprint density at radius 2 is 0.895 bits per heavy atom. The van der Waals surface area contributed by atoms with Crippen LogP contribution in [0.1, 0.15) is 0 Å². The SMILES string of the molecule is Nc1ccc(-c2ccc(N)cc2)cc1.[O]=[Mo](=[O])([OH])[OH]. The van der Waals surface area contributed by atoms with Gasteiger partial charge in [0.15, 0.2) is 0 Å². The van der Waals surface area contributed by atoms with Gasteiger partial charge in [-0.3, -0.25) is 0 Å². The van der Waals surface area contributed by atoms with Crippen LogP contribution in [0.2, 0.25) is 0 Å². The minimum atomic E-state index is -5.52. The topological polar surface area (TPSA) is 127 Å². The first-order chi connectivity index (χ1) is 8.75. The molecule has 6 N–H and O–H groups in total. The molecule has 0 bridgehead atoms. The van der Waals surface area contributed by atoms with Gasteiger partial charge >= 0.3 is 31.1 Å². The molecule has 0 aliphatic rings. The van der Waals surface area contributed by atoms with Crippen molar-refractivity contribution >= 4 is 11.4 Å². The van der Waals surface area contributed by atoms with Crippen LogP contribution in [0.5, 0.6) is 0 Å². The summed E-state index contributed by atoms with van der Waals surface area (Å²) in [6, 6.07) is 15.6. The van der Waals surface area contributed by atoms with Crippen LogP contribution in [-0.2, 0) is 23.5 Å². The number of hydrogen-bond acceptors (Lipinski definition) is 4. The van der Waals surface area contributed by atoms with Gasteiger partial charge in [-0.15, -0.1) is 0 Å². The van der Waals surface area contributed by atoms with Crippen molar-refractivity contribution in [2.45, 2.75) is 0 Å². The fraction of sp³-hybridized carbons (Fsp3) is 0. The molecule has 2 rings (SSSR count). The summed E-state index contributed by atoms with van der Waals surface area (Å²) in [7, 11) is 0. The molecule has 0 heterocycles. The average molecular weight is 346 g/mol. The molecule has 0 amide bonds. The van der Waals surface area contributed by atoms with Gasteiger partial charge in [0.05, 0.1) is 0 Å². The van der Waals surface area contributed by atoms with Crippen molar-refractivity contribution in [3.8, 4) is 11.1 Å². The van der Waals surface area contributed by atoms with Crippen molar-refractivity contribution in [1.29, 1.82) is 0 Å². The summed E-state index contributed by atoms with van der Waals surface area (Å²) in [4.78, 5) is 0. The summed E-state index contributed by atoms with van der Waals surface area (Å²) < 4.78 is 32.0. The van der Waals surface area contributed by atoms with Gasteiger partial charge < -0.3 is 11.5 Å². The Morgan fingerprint density at radius 1 is 0.684 bits per heavy atom. The van der Waals surface area contributed by atoms with Crippen LogP contribution >= 0.6 is 0 Å². The Hall–Kier alpha value is -1.75. The number of hydrogen-bond donors (Lipinski definition) is 4. The Labute approximate surface area is 114 Å². The Bertz CT molecular complexity index is 570. The second kappa shape index (κ2) is 6.43. The van der Waals surface area contributed by atoms with E-state index in [0.717, 1.165) is 22.5 Å². The first-order valence-electron chi connectivity index (χ1n) is 5.17. The van der Waals surface area contributed by atoms with Crippen molar-refractivity contribution < 1.29 is 31.1 Å². The summed E-state index contributed by atoms with van der Waals surface area (Å²) in [6.45, 7) is 0. The standard InChI is InChI=1S/C12H12N2.Mo.2H2O.2O/c13-11-5-1-9(2-6-11)10-3-7-12(14)8-4-10;;;;;/h1-8H,13-14H2;;2*1H2;;/q;+2;;;;/p-2. The van der Waals surface area contributed by atoms with E-state index < -0.39 is 16.7 Å². The summed E-state index contributed by atoms with van der Waals surface area (Å²) in [5.74, 6) is 0. The van der Waals surface area contributed by atoms with Gasteiger partial charge in [0.25, 0.3) is 0 Å². The second-order valence-corrected chi connectivity index (χ2v) is 5.89. The number of benzene rings is 2. The van der Waals surface area contributed by atoms with Gasteiger partial charge in [-0.2, -0.15) is 0 Å². The van der Waals surface area contributed by atoms with E-state index in [1.54, 1.807) is 0 Å². The van der Waals surface area contributed by atoms with Gasteiger partial charge in [0.2, 0.25) is 0 Å². The van der Waals surface area contributed by atoms with Gasteiger partial charge in [0, 0.05) is 11.4 Å². The third-order valence-corrected chi connectivity index (χ3v) is 2.15. The normalized spacial score (nSPS) is 10.4. The molecule has 0 radical (unpaired) electrons. The van der Waals surface area contributed by atoms with E-state index in [9.17, 15) is 0 Å². The maximum atomic E-state index is 8.85. The first kappa shape index (κ1) is 15.3. The molecule has 2 aromatic rings. The molecule has 0 spiro atoms. The average Bonchev–Trinajstić information content (AvgIpc) is 2.29. The van der Waals surface area contributed by atoms with Crippen LogP contribution in [0.4, 0.5) is 11.4 Å².